The number of benzene rings is 1. The van der Waals surface area contributed by atoms with Gasteiger partial charge in [0.15, 0.2) is 11.5 Å². The van der Waals surface area contributed by atoms with Crippen LogP contribution in [-0.4, -0.2) is 80.4 Å². The summed E-state index contributed by atoms with van der Waals surface area (Å²) < 4.78 is 15.8. The number of carbonyl (C=O) groups is 2. The lowest BCUT2D eigenvalue weighted by molar-refractivity contribution is 0.0776. The summed E-state index contributed by atoms with van der Waals surface area (Å²) in [4.78, 5) is 30.0. The molecule has 0 saturated carbocycles. The van der Waals surface area contributed by atoms with Gasteiger partial charge in [-0.05, 0) is 36.6 Å². The summed E-state index contributed by atoms with van der Waals surface area (Å²) >= 11 is 0. The highest BCUT2D eigenvalue weighted by Gasteiger charge is 2.30. The van der Waals surface area contributed by atoms with E-state index >= 15 is 0 Å². The van der Waals surface area contributed by atoms with Gasteiger partial charge in [-0.15, -0.1) is 0 Å². The Bertz CT molecular complexity index is 701. The molecule has 0 radical (unpaired) electrons. The topological polar surface area (TPSA) is 71.6 Å². The van der Waals surface area contributed by atoms with Gasteiger partial charge in [-0.2, -0.15) is 0 Å². The lowest BCUT2D eigenvalue weighted by atomic mass is 9.99. The minimum absolute atomic E-state index is 0.0129. The second kappa shape index (κ2) is 8.37. The number of hydrogen-bond acceptors (Lipinski definition) is 5. The van der Waals surface area contributed by atoms with Crippen LogP contribution < -0.4 is 9.47 Å². The first-order valence-corrected chi connectivity index (χ1v) is 9.26. The molecule has 8 nitrogen and oxygen atoms in total. The van der Waals surface area contributed by atoms with Crippen molar-refractivity contribution < 1.29 is 23.8 Å². The maximum atomic E-state index is 12.9. The molecular weight excluding hydrogens is 350 g/mol. The van der Waals surface area contributed by atoms with Crippen molar-refractivity contribution in [2.45, 2.75) is 19.9 Å². The van der Waals surface area contributed by atoms with Crippen LogP contribution in [0.1, 0.15) is 18.1 Å². The van der Waals surface area contributed by atoms with Gasteiger partial charge in [0.25, 0.3) is 0 Å². The molecule has 1 saturated heterocycles. The van der Waals surface area contributed by atoms with E-state index in [9.17, 15) is 9.59 Å². The van der Waals surface area contributed by atoms with Crippen LogP contribution in [0.2, 0.25) is 0 Å². The predicted molar refractivity (Wildman–Crippen MR) is 99.2 cm³/mol. The van der Waals surface area contributed by atoms with E-state index in [0.29, 0.717) is 57.4 Å². The number of carbonyl (C=O) groups excluding carboxylic acids is 2. The van der Waals surface area contributed by atoms with Gasteiger partial charge in [-0.1, -0.05) is 0 Å². The molecule has 0 spiro atoms. The van der Waals surface area contributed by atoms with Crippen LogP contribution in [0.5, 0.6) is 11.5 Å². The Hall–Kier alpha value is -2.64. The molecule has 0 unspecified atom stereocenters. The first kappa shape index (κ1) is 19.1. The zero-order valence-corrected chi connectivity index (χ0v) is 16.2. The number of hydrogen-bond donors (Lipinski definition) is 0. The van der Waals surface area contributed by atoms with E-state index in [1.807, 2.05) is 21.9 Å². The second-order valence-electron chi connectivity index (χ2n) is 6.60. The van der Waals surface area contributed by atoms with Gasteiger partial charge in [0, 0.05) is 39.3 Å². The van der Waals surface area contributed by atoms with Crippen LogP contribution in [0.15, 0.2) is 12.1 Å². The maximum Gasteiger partial charge on any atom is 0.409 e. The summed E-state index contributed by atoms with van der Waals surface area (Å²) in [7, 11) is 3.23. The van der Waals surface area contributed by atoms with Crippen molar-refractivity contribution >= 4 is 12.1 Å². The molecule has 3 amide bonds. The smallest absolute Gasteiger partial charge is 0.409 e. The van der Waals surface area contributed by atoms with Gasteiger partial charge < -0.3 is 28.9 Å². The highest BCUT2D eigenvalue weighted by Crippen LogP contribution is 2.33. The Kier molecular flexibility index (Phi) is 5.93. The summed E-state index contributed by atoms with van der Waals surface area (Å²) in [6, 6.07) is 3.96. The summed E-state index contributed by atoms with van der Waals surface area (Å²) in [5.41, 5.74) is 2.27. The van der Waals surface area contributed by atoms with E-state index in [2.05, 4.69) is 0 Å². The summed E-state index contributed by atoms with van der Waals surface area (Å²) in [5.74, 6) is 1.39. The number of ether oxygens (including phenoxy) is 3. The Balaban J connectivity index is 1.62. The third-order valence-electron chi connectivity index (χ3n) is 5.06. The van der Waals surface area contributed by atoms with Crippen molar-refractivity contribution in [1.29, 1.82) is 0 Å². The fourth-order valence-corrected chi connectivity index (χ4v) is 3.54. The van der Waals surface area contributed by atoms with Crippen molar-refractivity contribution in [1.82, 2.24) is 14.7 Å². The number of rotatable bonds is 3. The predicted octanol–water partition coefficient (Wildman–Crippen LogP) is 1.96. The fourth-order valence-electron chi connectivity index (χ4n) is 3.54. The third-order valence-corrected chi connectivity index (χ3v) is 5.06. The highest BCUT2D eigenvalue weighted by molar-refractivity contribution is 5.75. The van der Waals surface area contributed by atoms with Crippen LogP contribution >= 0.6 is 0 Å². The molecule has 1 fully saturated rings. The molecule has 0 atom stereocenters. The van der Waals surface area contributed by atoms with E-state index in [1.54, 1.807) is 26.0 Å². The number of piperazine rings is 1. The van der Waals surface area contributed by atoms with Crippen molar-refractivity contribution in [2.75, 3.05) is 53.6 Å². The van der Waals surface area contributed by atoms with E-state index in [-0.39, 0.29) is 12.1 Å². The molecule has 1 aromatic rings. The summed E-state index contributed by atoms with van der Waals surface area (Å²) in [6.07, 6.45) is 0.474. The van der Waals surface area contributed by atoms with E-state index < -0.39 is 0 Å². The SMILES string of the molecule is CCOC(=O)N1CCN(C(=O)N2CCc3cc(OC)c(OC)cc3C2)CC1. The molecule has 1 aromatic carbocycles. The Morgan fingerprint density at radius 3 is 2.07 bits per heavy atom. The first-order valence-electron chi connectivity index (χ1n) is 9.26. The third kappa shape index (κ3) is 4.04. The molecular formula is C19H27N3O5. The lowest BCUT2D eigenvalue weighted by Crippen LogP contribution is -2.54. The Morgan fingerprint density at radius 1 is 0.889 bits per heavy atom. The molecule has 0 aliphatic carbocycles. The van der Waals surface area contributed by atoms with Gasteiger partial charge in [0.2, 0.25) is 0 Å². The van der Waals surface area contributed by atoms with Crippen LogP contribution in [-0.2, 0) is 17.7 Å². The quantitative estimate of drug-likeness (QED) is 0.805. The van der Waals surface area contributed by atoms with Crippen LogP contribution in [0.25, 0.3) is 0 Å². The number of amides is 3. The normalized spacial score (nSPS) is 16.6. The van der Waals surface area contributed by atoms with E-state index in [0.717, 1.165) is 12.0 Å². The molecule has 0 aromatic heterocycles. The zero-order chi connectivity index (χ0) is 19.4. The minimum atomic E-state index is -0.308. The van der Waals surface area contributed by atoms with Crippen molar-refractivity contribution in [2.24, 2.45) is 0 Å². The van der Waals surface area contributed by atoms with Gasteiger partial charge in [0.05, 0.1) is 20.8 Å². The monoisotopic (exact) mass is 377 g/mol. The lowest BCUT2D eigenvalue weighted by Gasteiger charge is -2.38. The van der Waals surface area contributed by atoms with Gasteiger partial charge in [-0.3, -0.25) is 0 Å². The van der Waals surface area contributed by atoms with Crippen LogP contribution in [0.4, 0.5) is 9.59 Å². The number of methoxy groups -OCH3 is 2. The highest BCUT2D eigenvalue weighted by atomic mass is 16.6. The maximum absolute atomic E-state index is 12.9. The fraction of sp³-hybridized carbons (Fsp3) is 0.579. The molecule has 2 heterocycles. The van der Waals surface area contributed by atoms with Gasteiger partial charge >= 0.3 is 12.1 Å². The van der Waals surface area contributed by atoms with Crippen molar-refractivity contribution in [3.8, 4) is 11.5 Å². The van der Waals surface area contributed by atoms with Gasteiger partial charge in [0.1, 0.15) is 0 Å². The van der Waals surface area contributed by atoms with Crippen molar-refractivity contribution in [3.05, 3.63) is 23.3 Å². The summed E-state index contributed by atoms with van der Waals surface area (Å²) in [6.45, 7) is 5.40. The molecule has 3 rings (SSSR count). The molecule has 2 aliphatic heterocycles. The second-order valence-corrected chi connectivity index (χ2v) is 6.60. The number of urea groups is 1. The minimum Gasteiger partial charge on any atom is -0.493 e. The number of nitrogens with zero attached hydrogens (tertiary/aromatic N) is 3. The molecule has 0 bridgehead atoms. The Morgan fingerprint density at radius 2 is 1.48 bits per heavy atom. The van der Waals surface area contributed by atoms with Gasteiger partial charge in [-0.25, -0.2) is 9.59 Å². The zero-order valence-electron chi connectivity index (χ0n) is 16.2. The average Bonchev–Trinajstić information content (AvgIpc) is 2.72. The Labute approximate surface area is 159 Å². The molecule has 8 heteroatoms. The summed E-state index contributed by atoms with van der Waals surface area (Å²) in [5, 5.41) is 0. The number of fused-ring (bicyclic) bond motifs is 1. The molecule has 27 heavy (non-hydrogen) atoms. The molecule has 0 N–H and O–H groups in total. The van der Waals surface area contributed by atoms with E-state index in [4.69, 9.17) is 14.2 Å². The van der Waals surface area contributed by atoms with Crippen LogP contribution in [0.3, 0.4) is 0 Å². The van der Waals surface area contributed by atoms with E-state index in [1.165, 1.54) is 5.56 Å². The molecule has 2 aliphatic rings. The van der Waals surface area contributed by atoms with Crippen molar-refractivity contribution in [3.63, 3.8) is 0 Å². The average molecular weight is 377 g/mol. The molecule has 148 valence electrons. The van der Waals surface area contributed by atoms with Crippen LogP contribution in [0, 0.1) is 0 Å². The largest absolute Gasteiger partial charge is 0.493 e. The standard InChI is InChI=1S/C19H27N3O5/c1-4-27-19(24)21-9-7-20(8-10-21)18(23)22-6-5-14-11-16(25-2)17(26-3)12-15(14)13-22/h11-12H,4-10,13H2,1-3H3. The first-order chi connectivity index (χ1) is 13.1.